The molecule has 0 unspecified atom stereocenters. The van der Waals surface area contributed by atoms with Crippen LogP contribution in [0.1, 0.15) is 28.8 Å². The van der Waals surface area contributed by atoms with E-state index in [-0.39, 0.29) is 23.5 Å². The molecule has 1 heterocycles. The Morgan fingerprint density at radius 1 is 1.33 bits per heavy atom. The van der Waals surface area contributed by atoms with Gasteiger partial charge in [-0.15, -0.1) is 0 Å². The van der Waals surface area contributed by atoms with E-state index >= 15 is 0 Å². The third kappa shape index (κ3) is 3.07. The number of carbonyl (C=O) groups is 1. The molecule has 6 nitrogen and oxygen atoms in total. The number of hydrogen-bond acceptors (Lipinski definition) is 4. The van der Waals surface area contributed by atoms with Crippen molar-refractivity contribution in [1.29, 1.82) is 0 Å². The van der Waals surface area contributed by atoms with Crippen LogP contribution in [0.2, 0.25) is 0 Å². The Hall–Kier alpha value is -1.51. The zero-order valence-electron chi connectivity index (χ0n) is 11.4. The predicted octanol–water partition coefficient (Wildman–Crippen LogP) is 0.978. The number of benzene rings is 1. The lowest BCUT2D eigenvalue weighted by Crippen LogP contribution is -2.40. The number of sulfonamides is 1. The van der Waals surface area contributed by atoms with Gasteiger partial charge in [0.25, 0.3) is 0 Å². The van der Waals surface area contributed by atoms with E-state index in [1.807, 2.05) is 0 Å². The van der Waals surface area contributed by atoms with Crippen LogP contribution in [-0.2, 0) is 10.0 Å². The minimum atomic E-state index is -3.89. The molecule has 1 saturated heterocycles. The first kappa shape index (κ1) is 15.9. The van der Waals surface area contributed by atoms with Gasteiger partial charge >= 0.3 is 5.97 Å². The first-order chi connectivity index (χ1) is 9.73. The smallest absolute Gasteiger partial charge is 0.338 e. The van der Waals surface area contributed by atoms with Crippen LogP contribution in [0.3, 0.4) is 0 Å². The van der Waals surface area contributed by atoms with Gasteiger partial charge in [0, 0.05) is 13.1 Å². The van der Waals surface area contributed by atoms with Crippen LogP contribution < -0.4 is 0 Å². The van der Waals surface area contributed by atoms with Gasteiger partial charge < -0.3 is 10.2 Å². The first-order valence-corrected chi connectivity index (χ1v) is 7.89. The summed E-state index contributed by atoms with van der Waals surface area (Å²) in [6, 6.07) is 1.97. The molecule has 0 radical (unpaired) electrons. The minimum absolute atomic E-state index is 0.0366. The third-order valence-corrected chi connectivity index (χ3v) is 5.40. The first-order valence-electron chi connectivity index (χ1n) is 6.45. The van der Waals surface area contributed by atoms with E-state index in [2.05, 4.69) is 0 Å². The molecule has 0 aliphatic carbocycles. The third-order valence-electron chi connectivity index (χ3n) is 3.52. The van der Waals surface area contributed by atoms with Crippen LogP contribution >= 0.6 is 0 Å². The fourth-order valence-corrected chi connectivity index (χ4v) is 3.85. The Balaban J connectivity index is 2.43. The zero-order chi connectivity index (χ0) is 15.8. The highest BCUT2D eigenvalue weighted by Gasteiger charge is 2.30. The predicted molar refractivity (Wildman–Crippen MR) is 72.1 cm³/mol. The summed E-state index contributed by atoms with van der Waals surface area (Å²) in [6.07, 6.45) is 0.122. The summed E-state index contributed by atoms with van der Waals surface area (Å²) in [4.78, 5) is 10.8. The summed E-state index contributed by atoms with van der Waals surface area (Å²) in [6.45, 7) is 1.63. The number of rotatable bonds is 3. The Morgan fingerprint density at radius 2 is 1.90 bits per heavy atom. The normalized spacial score (nSPS) is 17.9. The van der Waals surface area contributed by atoms with Crippen molar-refractivity contribution in [3.05, 3.63) is 29.1 Å². The number of aliphatic hydroxyl groups is 1. The Labute approximate surface area is 121 Å². The summed E-state index contributed by atoms with van der Waals surface area (Å²) in [5, 5.41) is 18.4. The van der Waals surface area contributed by atoms with Crippen molar-refractivity contribution in [3.8, 4) is 0 Å². The van der Waals surface area contributed by atoms with Gasteiger partial charge in [-0.3, -0.25) is 0 Å². The molecular formula is C13H16FNO5S. The summed E-state index contributed by atoms with van der Waals surface area (Å²) in [7, 11) is -3.89. The summed E-state index contributed by atoms with van der Waals surface area (Å²) in [5.41, 5.74) is -0.698. The lowest BCUT2D eigenvalue weighted by atomic mass is 10.1. The maximum absolute atomic E-state index is 13.7. The molecular weight excluding hydrogens is 301 g/mol. The number of aromatic carboxylic acids is 1. The number of piperidine rings is 1. The van der Waals surface area contributed by atoms with E-state index in [9.17, 15) is 22.7 Å². The van der Waals surface area contributed by atoms with Crippen LogP contribution in [0.5, 0.6) is 0 Å². The van der Waals surface area contributed by atoms with Crippen LogP contribution in [0, 0.1) is 12.7 Å². The molecule has 1 aliphatic heterocycles. The molecule has 116 valence electrons. The molecule has 0 bridgehead atoms. The largest absolute Gasteiger partial charge is 0.478 e. The maximum Gasteiger partial charge on any atom is 0.338 e. The molecule has 8 heteroatoms. The molecule has 21 heavy (non-hydrogen) atoms. The SMILES string of the molecule is Cc1cc(S(=O)(=O)N2CCC(O)CC2)cc(C(=O)O)c1F. The molecule has 0 saturated carbocycles. The van der Waals surface area contributed by atoms with Crippen molar-refractivity contribution >= 4 is 16.0 Å². The highest BCUT2D eigenvalue weighted by atomic mass is 32.2. The summed E-state index contributed by atoms with van der Waals surface area (Å²) < 4.78 is 39.8. The molecule has 1 fully saturated rings. The molecule has 0 atom stereocenters. The van der Waals surface area contributed by atoms with Crippen molar-refractivity contribution in [2.75, 3.05) is 13.1 Å². The second kappa shape index (κ2) is 5.70. The van der Waals surface area contributed by atoms with Gasteiger partial charge in [-0.25, -0.2) is 17.6 Å². The van der Waals surface area contributed by atoms with E-state index in [0.717, 1.165) is 12.1 Å². The van der Waals surface area contributed by atoms with Gasteiger partial charge in [0.2, 0.25) is 10.0 Å². The lowest BCUT2D eigenvalue weighted by molar-refractivity contribution is 0.0691. The topological polar surface area (TPSA) is 94.9 Å². The fourth-order valence-electron chi connectivity index (χ4n) is 2.27. The van der Waals surface area contributed by atoms with Gasteiger partial charge in [-0.05, 0) is 37.5 Å². The molecule has 0 aromatic heterocycles. The van der Waals surface area contributed by atoms with Crippen LogP contribution in [0.15, 0.2) is 17.0 Å². The number of carboxylic acids is 1. The van der Waals surface area contributed by atoms with Gasteiger partial charge in [-0.1, -0.05) is 0 Å². The Bertz CT molecular complexity index is 665. The number of aryl methyl sites for hydroxylation is 1. The molecule has 1 aromatic carbocycles. The molecule has 2 N–H and O–H groups in total. The van der Waals surface area contributed by atoms with Crippen LogP contribution in [-0.4, -0.2) is 48.1 Å². The van der Waals surface area contributed by atoms with Crippen molar-refractivity contribution in [1.82, 2.24) is 4.31 Å². The van der Waals surface area contributed by atoms with E-state index in [1.54, 1.807) is 0 Å². The number of hydrogen-bond donors (Lipinski definition) is 2. The lowest BCUT2D eigenvalue weighted by Gasteiger charge is -2.28. The highest BCUT2D eigenvalue weighted by Crippen LogP contribution is 2.24. The van der Waals surface area contributed by atoms with Gasteiger partial charge in [0.15, 0.2) is 0 Å². The average Bonchev–Trinajstić information content (AvgIpc) is 2.41. The van der Waals surface area contributed by atoms with Gasteiger partial charge in [0.1, 0.15) is 5.82 Å². The van der Waals surface area contributed by atoms with Crippen LogP contribution in [0.4, 0.5) is 4.39 Å². The van der Waals surface area contributed by atoms with E-state index in [1.165, 1.54) is 11.2 Å². The summed E-state index contributed by atoms with van der Waals surface area (Å²) in [5.74, 6) is -2.45. The maximum atomic E-state index is 13.7. The van der Waals surface area contributed by atoms with Crippen molar-refractivity contribution in [2.24, 2.45) is 0 Å². The average molecular weight is 317 g/mol. The van der Waals surface area contributed by atoms with Gasteiger partial charge in [0.05, 0.1) is 16.6 Å². The monoisotopic (exact) mass is 317 g/mol. The molecule has 0 amide bonds. The zero-order valence-corrected chi connectivity index (χ0v) is 12.2. The van der Waals surface area contributed by atoms with Crippen molar-refractivity contribution in [3.63, 3.8) is 0 Å². The number of carboxylic acid groups (broad SMARTS) is 1. The Morgan fingerprint density at radius 3 is 2.43 bits per heavy atom. The molecule has 1 aromatic rings. The fraction of sp³-hybridized carbons (Fsp3) is 0.462. The second-order valence-corrected chi connectivity index (χ2v) is 6.98. The van der Waals surface area contributed by atoms with E-state index in [4.69, 9.17) is 5.11 Å². The quantitative estimate of drug-likeness (QED) is 0.866. The van der Waals surface area contributed by atoms with E-state index in [0.29, 0.717) is 12.8 Å². The van der Waals surface area contributed by atoms with Crippen molar-refractivity contribution in [2.45, 2.75) is 30.8 Å². The number of halogens is 1. The molecule has 1 aliphatic rings. The van der Waals surface area contributed by atoms with Crippen molar-refractivity contribution < 1.29 is 27.8 Å². The number of aliphatic hydroxyl groups excluding tert-OH is 1. The second-order valence-electron chi connectivity index (χ2n) is 5.04. The standard InChI is InChI=1S/C13H16FNO5S/c1-8-6-10(7-11(12(8)14)13(17)18)21(19,20)15-4-2-9(16)3-5-15/h6-7,9,16H,2-5H2,1H3,(H,17,18). The summed E-state index contributed by atoms with van der Waals surface area (Å²) >= 11 is 0. The molecule has 0 spiro atoms. The highest BCUT2D eigenvalue weighted by molar-refractivity contribution is 7.89. The minimum Gasteiger partial charge on any atom is -0.478 e. The van der Waals surface area contributed by atoms with E-state index < -0.39 is 33.5 Å². The molecule has 2 rings (SSSR count). The number of nitrogens with zero attached hydrogens (tertiary/aromatic N) is 1. The van der Waals surface area contributed by atoms with Gasteiger partial charge in [-0.2, -0.15) is 4.31 Å². The van der Waals surface area contributed by atoms with Crippen LogP contribution in [0.25, 0.3) is 0 Å². The Kier molecular flexibility index (Phi) is 4.31.